The van der Waals surface area contributed by atoms with Crippen molar-refractivity contribution in [3.05, 3.63) is 12.2 Å². The maximum absolute atomic E-state index is 3.70. The van der Waals surface area contributed by atoms with Gasteiger partial charge in [0.15, 0.2) is 0 Å². The number of rotatable bonds is 4. The summed E-state index contributed by atoms with van der Waals surface area (Å²) in [7, 11) is 0. The maximum Gasteiger partial charge on any atom is 0.0252 e. The summed E-state index contributed by atoms with van der Waals surface area (Å²) in [5.41, 5.74) is 0. The lowest BCUT2D eigenvalue weighted by Gasteiger charge is -2.22. The maximum atomic E-state index is 3.70. The molecule has 0 aromatic rings. The SMILES string of the molecule is CC(CC1CC1)NC1C=CCCC1. The van der Waals surface area contributed by atoms with E-state index >= 15 is 0 Å². The minimum Gasteiger partial charge on any atom is -0.308 e. The predicted octanol–water partition coefficient (Wildman–Crippen LogP) is 2.87. The van der Waals surface area contributed by atoms with Crippen LogP contribution in [0.2, 0.25) is 0 Å². The van der Waals surface area contributed by atoms with Crippen LogP contribution in [0, 0.1) is 5.92 Å². The topological polar surface area (TPSA) is 12.0 Å². The zero-order valence-electron chi connectivity index (χ0n) is 8.63. The van der Waals surface area contributed by atoms with Crippen LogP contribution >= 0.6 is 0 Å². The molecule has 0 amide bonds. The molecule has 1 N–H and O–H groups in total. The van der Waals surface area contributed by atoms with Gasteiger partial charge < -0.3 is 5.32 Å². The van der Waals surface area contributed by atoms with Gasteiger partial charge in [-0.05, 0) is 38.5 Å². The van der Waals surface area contributed by atoms with Crippen LogP contribution < -0.4 is 5.32 Å². The quantitative estimate of drug-likeness (QED) is 0.654. The Labute approximate surface area is 81.6 Å². The monoisotopic (exact) mass is 179 g/mol. The number of hydrogen-bond donors (Lipinski definition) is 1. The average molecular weight is 179 g/mol. The van der Waals surface area contributed by atoms with E-state index < -0.39 is 0 Å². The first-order chi connectivity index (χ1) is 6.34. The molecule has 0 bridgehead atoms. The molecule has 0 aromatic heterocycles. The average Bonchev–Trinajstić information content (AvgIpc) is 2.90. The van der Waals surface area contributed by atoms with Gasteiger partial charge in [-0.15, -0.1) is 0 Å². The van der Waals surface area contributed by atoms with Gasteiger partial charge in [-0.25, -0.2) is 0 Å². The fourth-order valence-corrected chi connectivity index (χ4v) is 2.24. The van der Waals surface area contributed by atoms with Gasteiger partial charge in [-0.2, -0.15) is 0 Å². The molecular formula is C12H21N. The van der Waals surface area contributed by atoms with E-state index in [1.807, 2.05) is 0 Å². The van der Waals surface area contributed by atoms with Gasteiger partial charge in [-0.3, -0.25) is 0 Å². The zero-order valence-corrected chi connectivity index (χ0v) is 8.63. The highest BCUT2D eigenvalue weighted by Crippen LogP contribution is 2.33. The van der Waals surface area contributed by atoms with Crippen LogP contribution in [-0.4, -0.2) is 12.1 Å². The Balaban J connectivity index is 1.68. The molecule has 2 rings (SSSR count). The van der Waals surface area contributed by atoms with Crippen molar-refractivity contribution in [1.82, 2.24) is 5.32 Å². The standard InChI is InChI=1S/C12H21N/c1-10(9-11-7-8-11)13-12-5-3-2-4-6-12/h3,5,10-13H,2,4,6-9H2,1H3. The Morgan fingerprint density at radius 3 is 2.85 bits per heavy atom. The van der Waals surface area contributed by atoms with Crippen molar-refractivity contribution < 1.29 is 0 Å². The third kappa shape index (κ3) is 3.15. The van der Waals surface area contributed by atoms with Crippen LogP contribution in [0.15, 0.2) is 12.2 Å². The summed E-state index contributed by atoms with van der Waals surface area (Å²) in [6.07, 6.45) is 13.0. The Bertz CT molecular complexity index is 182. The lowest BCUT2D eigenvalue weighted by molar-refractivity contribution is 0.425. The molecule has 2 atom stereocenters. The van der Waals surface area contributed by atoms with E-state index in [0.29, 0.717) is 6.04 Å². The molecule has 1 nitrogen and oxygen atoms in total. The van der Waals surface area contributed by atoms with E-state index in [9.17, 15) is 0 Å². The smallest absolute Gasteiger partial charge is 0.0252 e. The van der Waals surface area contributed by atoms with Crippen molar-refractivity contribution in [2.45, 2.75) is 57.5 Å². The van der Waals surface area contributed by atoms with Crippen LogP contribution in [0.1, 0.15) is 45.4 Å². The van der Waals surface area contributed by atoms with Gasteiger partial charge in [0.05, 0.1) is 0 Å². The Hall–Kier alpha value is -0.300. The molecule has 0 aromatic carbocycles. The van der Waals surface area contributed by atoms with Gasteiger partial charge >= 0.3 is 0 Å². The van der Waals surface area contributed by atoms with E-state index in [2.05, 4.69) is 24.4 Å². The van der Waals surface area contributed by atoms with Crippen molar-refractivity contribution >= 4 is 0 Å². The second-order valence-electron chi connectivity index (χ2n) is 4.71. The van der Waals surface area contributed by atoms with Crippen molar-refractivity contribution in [3.63, 3.8) is 0 Å². The highest BCUT2D eigenvalue weighted by Gasteiger charge is 2.24. The second-order valence-corrected chi connectivity index (χ2v) is 4.71. The third-order valence-electron chi connectivity index (χ3n) is 3.14. The highest BCUT2D eigenvalue weighted by molar-refractivity contribution is 4.98. The van der Waals surface area contributed by atoms with Crippen molar-refractivity contribution in [2.24, 2.45) is 5.92 Å². The molecule has 1 saturated carbocycles. The fraction of sp³-hybridized carbons (Fsp3) is 0.833. The summed E-state index contributed by atoms with van der Waals surface area (Å²) in [6.45, 7) is 2.33. The van der Waals surface area contributed by atoms with E-state index in [1.54, 1.807) is 0 Å². The molecule has 0 aliphatic heterocycles. The fourth-order valence-electron chi connectivity index (χ4n) is 2.24. The molecule has 0 radical (unpaired) electrons. The van der Waals surface area contributed by atoms with Gasteiger partial charge in [0, 0.05) is 12.1 Å². The second kappa shape index (κ2) is 4.28. The molecule has 1 heteroatoms. The molecule has 1 fully saturated rings. The van der Waals surface area contributed by atoms with E-state index in [-0.39, 0.29) is 0 Å². The van der Waals surface area contributed by atoms with E-state index in [4.69, 9.17) is 0 Å². The zero-order chi connectivity index (χ0) is 9.10. The molecule has 2 aliphatic carbocycles. The Kier molecular flexibility index (Phi) is 3.05. The van der Waals surface area contributed by atoms with Gasteiger partial charge in [0.25, 0.3) is 0 Å². The van der Waals surface area contributed by atoms with Gasteiger partial charge in [-0.1, -0.05) is 25.0 Å². The first-order valence-corrected chi connectivity index (χ1v) is 5.77. The van der Waals surface area contributed by atoms with E-state index in [0.717, 1.165) is 12.0 Å². The third-order valence-corrected chi connectivity index (χ3v) is 3.14. The molecule has 13 heavy (non-hydrogen) atoms. The normalized spacial score (nSPS) is 30.4. The summed E-state index contributed by atoms with van der Waals surface area (Å²) in [5.74, 6) is 1.05. The minimum atomic E-state index is 0.669. The lowest BCUT2D eigenvalue weighted by Crippen LogP contribution is -2.36. The van der Waals surface area contributed by atoms with Crippen molar-refractivity contribution in [2.75, 3.05) is 0 Å². The van der Waals surface area contributed by atoms with Crippen LogP contribution in [-0.2, 0) is 0 Å². The molecule has 0 saturated heterocycles. The molecule has 2 aliphatic rings. The predicted molar refractivity (Wildman–Crippen MR) is 56.7 cm³/mol. The van der Waals surface area contributed by atoms with E-state index in [1.165, 1.54) is 38.5 Å². The molecular weight excluding hydrogens is 158 g/mol. The minimum absolute atomic E-state index is 0.669. The van der Waals surface area contributed by atoms with Crippen molar-refractivity contribution in [1.29, 1.82) is 0 Å². The highest BCUT2D eigenvalue weighted by atomic mass is 14.9. The molecule has 74 valence electrons. The molecule has 0 spiro atoms. The van der Waals surface area contributed by atoms with Gasteiger partial charge in [0.1, 0.15) is 0 Å². The van der Waals surface area contributed by atoms with Crippen LogP contribution in [0.4, 0.5) is 0 Å². The summed E-state index contributed by atoms with van der Waals surface area (Å²) in [4.78, 5) is 0. The van der Waals surface area contributed by atoms with Gasteiger partial charge in [0.2, 0.25) is 0 Å². The number of nitrogens with one attached hydrogen (secondary N) is 1. The molecule has 2 unspecified atom stereocenters. The van der Waals surface area contributed by atoms with Crippen LogP contribution in [0.5, 0.6) is 0 Å². The van der Waals surface area contributed by atoms with Crippen LogP contribution in [0.3, 0.4) is 0 Å². The first kappa shape index (κ1) is 9.26. The number of allylic oxidation sites excluding steroid dienone is 1. The Morgan fingerprint density at radius 2 is 2.23 bits per heavy atom. The summed E-state index contributed by atoms with van der Waals surface area (Å²) in [5, 5.41) is 3.70. The summed E-state index contributed by atoms with van der Waals surface area (Å²) >= 11 is 0. The first-order valence-electron chi connectivity index (χ1n) is 5.77. The van der Waals surface area contributed by atoms with Crippen LogP contribution in [0.25, 0.3) is 0 Å². The molecule has 0 heterocycles. The number of hydrogen-bond acceptors (Lipinski definition) is 1. The summed E-state index contributed by atoms with van der Waals surface area (Å²) < 4.78 is 0. The Morgan fingerprint density at radius 1 is 1.38 bits per heavy atom. The lowest BCUT2D eigenvalue weighted by atomic mass is 10.0. The largest absolute Gasteiger partial charge is 0.308 e. The summed E-state index contributed by atoms with van der Waals surface area (Å²) in [6, 6.07) is 1.39. The van der Waals surface area contributed by atoms with Crippen molar-refractivity contribution in [3.8, 4) is 0 Å².